The van der Waals surface area contributed by atoms with Crippen LogP contribution in [0.4, 0.5) is 0 Å². The Kier molecular flexibility index (Phi) is 9.25. The predicted molar refractivity (Wildman–Crippen MR) is 122 cm³/mol. The van der Waals surface area contributed by atoms with Crippen molar-refractivity contribution in [3.8, 4) is 0 Å². The summed E-state index contributed by atoms with van der Waals surface area (Å²) < 4.78 is 7.42. The molecule has 0 aliphatic carbocycles. The molecule has 2 aliphatic heterocycles. The zero-order valence-corrected chi connectivity index (χ0v) is 20.7. The van der Waals surface area contributed by atoms with Crippen LogP contribution in [-0.4, -0.2) is 81.7 Å². The van der Waals surface area contributed by atoms with Gasteiger partial charge in [0, 0.05) is 26.0 Å². The number of aliphatic hydroxyl groups excluding tert-OH is 2. The molecule has 31 heavy (non-hydrogen) atoms. The Morgan fingerprint density at radius 1 is 1.16 bits per heavy atom. The molecule has 2 aliphatic rings. The lowest BCUT2D eigenvalue weighted by molar-refractivity contribution is -0.165. The first-order chi connectivity index (χ1) is 14.5. The highest BCUT2D eigenvalue weighted by Gasteiger charge is 2.49. The van der Waals surface area contributed by atoms with Crippen LogP contribution in [0.15, 0.2) is 22.7 Å². The van der Waals surface area contributed by atoms with E-state index in [4.69, 9.17) is 25.2 Å². The summed E-state index contributed by atoms with van der Waals surface area (Å²) in [6.07, 6.45) is -1.19. The molecule has 2 heterocycles. The van der Waals surface area contributed by atoms with Gasteiger partial charge in [-0.15, -0.1) is 0 Å². The van der Waals surface area contributed by atoms with Gasteiger partial charge in [0.25, 0.3) is 0 Å². The topological polar surface area (TPSA) is 145 Å². The first-order valence-electron chi connectivity index (χ1n) is 9.56. The summed E-state index contributed by atoms with van der Waals surface area (Å²) in [5, 5.41) is 32.5. The average Bonchev–Trinajstić information content (AvgIpc) is 2.96. The molecule has 1 aromatic carbocycles. The highest BCUT2D eigenvalue weighted by molar-refractivity contribution is 14.1. The Hall–Kier alpha value is -1.28. The lowest BCUT2D eigenvalue weighted by atomic mass is 9.76. The fraction of sp³-hybridized carbons (Fsp3) is 0.550. The molecule has 11 heteroatoms. The molecule has 0 aromatic heterocycles. The van der Waals surface area contributed by atoms with Gasteiger partial charge in [-0.25, -0.2) is 9.59 Å². The van der Waals surface area contributed by atoms with Gasteiger partial charge < -0.3 is 25.2 Å². The molecule has 2 unspecified atom stereocenters. The van der Waals surface area contributed by atoms with Gasteiger partial charge in [-0.05, 0) is 82.5 Å². The van der Waals surface area contributed by atoms with Crippen molar-refractivity contribution in [3.63, 3.8) is 0 Å². The van der Waals surface area contributed by atoms with Crippen LogP contribution >= 0.6 is 38.5 Å². The van der Waals surface area contributed by atoms with Gasteiger partial charge >= 0.3 is 17.9 Å². The lowest BCUT2D eigenvalue weighted by Gasteiger charge is -2.41. The summed E-state index contributed by atoms with van der Waals surface area (Å²) in [4.78, 5) is 34.3. The standard InChI is InChI=1S/C16H19BrINO2.C4H6O6/c1-19-10-4-6-14(19)15(16(20)21-2)11(8-10)9-3-5-12(17)13(18)7-9;5-1(3(7)8)2(6)4(9)10/h3,5,7,10-11,14-15H,4,6,8H2,1-2H3;1-2,5-6H,(H,7,8)(H,9,10)/t10-,11+,14+,15-;/m0./s1. The molecule has 4 N–H and O–H groups in total. The van der Waals surface area contributed by atoms with Crippen LogP contribution in [0.25, 0.3) is 0 Å². The van der Waals surface area contributed by atoms with Crippen LogP contribution < -0.4 is 0 Å². The van der Waals surface area contributed by atoms with Gasteiger partial charge in [0.1, 0.15) is 0 Å². The Bertz CT molecular complexity index is 819. The number of piperidine rings is 1. The average molecular weight is 614 g/mol. The van der Waals surface area contributed by atoms with Crippen molar-refractivity contribution in [2.45, 2.75) is 49.5 Å². The van der Waals surface area contributed by atoms with E-state index >= 15 is 0 Å². The fourth-order valence-corrected chi connectivity index (χ4v) is 5.07. The maximum atomic E-state index is 12.4. The van der Waals surface area contributed by atoms with Crippen molar-refractivity contribution in [3.05, 3.63) is 31.8 Å². The van der Waals surface area contributed by atoms with Crippen molar-refractivity contribution >= 4 is 56.4 Å². The zero-order valence-electron chi connectivity index (χ0n) is 16.9. The first kappa shape index (κ1) is 26.0. The van der Waals surface area contributed by atoms with E-state index in [1.165, 1.54) is 22.7 Å². The van der Waals surface area contributed by atoms with Gasteiger partial charge in [0.05, 0.1) is 13.0 Å². The number of aliphatic carboxylic acids is 2. The highest BCUT2D eigenvalue weighted by atomic mass is 127. The second-order valence-corrected chi connectivity index (χ2v) is 9.61. The molecular weight excluding hydrogens is 589 g/mol. The quantitative estimate of drug-likeness (QED) is 0.288. The number of carboxylic acids is 2. The highest BCUT2D eigenvalue weighted by Crippen LogP contribution is 2.47. The molecule has 9 nitrogen and oxygen atoms in total. The zero-order chi connectivity index (χ0) is 23.5. The molecule has 0 spiro atoms. The minimum absolute atomic E-state index is 0.0456. The molecule has 0 radical (unpaired) electrons. The Morgan fingerprint density at radius 3 is 2.23 bits per heavy atom. The summed E-state index contributed by atoms with van der Waals surface area (Å²) in [5.74, 6) is -3.37. The van der Waals surface area contributed by atoms with Crippen molar-refractivity contribution in [1.82, 2.24) is 4.90 Å². The van der Waals surface area contributed by atoms with E-state index in [0.29, 0.717) is 12.1 Å². The Morgan fingerprint density at radius 2 is 1.74 bits per heavy atom. The number of carboxylic acid groups (broad SMARTS) is 2. The summed E-state index contributed by atoms with van der Waals surface area (Å²) in [5.41, 5.74) is 1.27. The number of hydrogen-bond acceptors (Lipinski definition) is 7. The van der Waals surface area contributed by atoms with Crippen molar-refractivity contribution in [2.24, 2.45) is 5.92 Å². The van der Waals surface area contributed by atoms with Gasteiger partial charge in [0.2, 0.25) is 0 Å². The molecule has 2 saturated heterocycles. The second-order valence-electron chi connectivity index (χ2n) is 7.59. The third-order valence-electron chi connectivity index (χ3n) is 5.92. The third-order valence-corrected chi connectivity index (χ3v) is 8.24. The Labute approximate surface area is 201 Å². The molecule has 3 rings (SSSR count). The monoisotopic (exact) mass is 613 g/mol. The van der Waals surface area contributed by atoms with Crippen LogP contribution in [0.1, 0.15) is 30.7 Å². The molecule has 1 aromatic rings. The summed E-state index contributed by atoms with van der Waals surface area (Å²) in [6.45, 7) is 0. The Balaban J connectivity index is 0.000000291. The van der Waals surface area contributed by atoms with Crippen LogP contribution in [0, 0.1) is 9.49 Å². The summed E-state index contributed by atoms with van der Waals surface area (Å²) in [7, 11) is 3.66. The predicted octanol–water partition coefficient (Wildman–Crippen LogP) is 1.67. The summed E-state index contributed by atoms with van der Waals surface area (Å²) >= 11 is 5.89. The SMILES string of the molecule is COC(=O)[C@H]1[C@@H](c2ccc(Br)c(I)c2)C[C@@H]2CC[C@H]1N2C.O=C(O)C(O)C(O)C(=O)O. The smallest absolute Gasteiger partial charge is 0.335 e. The molecule has 0 saturated carbocycles. The third kappa shape index (κ3) is 5.95. The number of benzene rings is 1. The fourth-order valence-electron chi connectivity index (χ4n) is 4.28. The number of rotatable bonds is 5. The minimum Gasteiger partial charge on any atom is -0.479 e. The van der Waals surface area contributed by atoms with E-state index in [-0.39, 0.29) is 17.8 Å². The van der Waals surface area contributed by atoms with E-state index in [1.807, 2.05) is 0 Å². The number of carbonyl (C=O) groups is 3. The van der Waals surface area contributed by atoms with Gasteiger partial charge in [0.15, 0.2) is 12.2 Å². The lowest BCUT2D eigenvalue weighted by Crippen LogP contribution is -2.49. The number of fused-ring (bicyclic) bond motifs is 2. The van der Waals surface area contributed by atoms with Crippen molar-refractivity contribution < 1.29 is 39.5 Å². The normalized spacial score (nSPS) is 26.9. The van der Waals surface area contributed by atoms with Crippen LogP contribution in [0.5, 0.6) is 0 Å². The van der Waals surface area contributed by atoms with Crippen LogP contribution in [0.3, 0.4) is 0 Å². The van der Waals surface area contributed by atoms with Crippen LogP contribution in [-0.2, 0) is 19.1 Å². The van der Waals surface area contributed by atoms with E-state index in [0.717, 1.165) is 17.3 Å². The van der Waals surface area contributed by atoms with E-state index in [2.05, 4.69) is 68.7 Å². The number of methoxy groups -OCH3 is 1. The maximum absolute atomic E-state index is 12.4. The molecular formula is C20H25BrINO8. The molecule has 172 valence electrons. The van der Waals surface area contributed by atoms with Crippen molar-refractivity contribution in [1.29, 1.82) is 0 Å². The van der Waals surface area contributed by atoms with Gasteiger partial charge in [-0.1, -0.05) is 6.07 Å². The number of carbonyl (C=O) groups excluding carboxylic acids is 1. The van der Waals surface area contributed by atoms with E-state index in [1.54, 1.807) is 0 Å². The maximum Gasteiger partial charge on any atom is 0.335 e. The number of hydrogen-bond donors (Lipinski definition) is 4. The number of ether oxygens (including phenoxy) is 1. The number of aliphatic hydroxyl groups is 2. The molecule has 6 atom stereocenters. The molecule has 2 fully saturated rings. The number of nitrogens with zero attached hydrogens (tertiary/aromatic N) is 1. The number of halogens is 2. The van der Waals surface area contributed by atoms with Gasteiger partial charge in [-0.3, -0.25) is 9.69 Å². The van der Waals surface area contributed by atoms with E-state index < -0.39 is 24.1 Å². The largest absolute Gasteiger partial charge is 0.479 e. The second kappa shape index (κ2) is 11.0. The first-order valence-corrected chi connectivity index (χ1v) is 11.4. The summed E-state index contributed by atoms with van der Waals surface area (Å²) in [6, 6.07) is 7.36. The van der Waals surface area contributed by atoms with E-state index in [9.17, 15) is 14.4 Å². The van der Waals surface area contributed by atoms with Gasteiger partial charge in [-0.2, -0.15) is 0 Å². The molecule has 2 bridgehead atoms. The minimum atomic E-state index is -2.27. The van der Waals surface area contributed by atoms with Crippen LogP contribution in [0.2, 0.25) is 0 Å². The van der Waals surface area contributed by atoms with Crippen molar-refractivity contribution in [2.75, 3.05) is 14.2 Å². The molecule has 0 amide bonds. The number of esters is 1.